The van der Waals surface area contributed by atoms with Crippen molar-refractivity contribution >= 4 is 15.7 Å². The van der Waals surface area contributed by atoms with Crippen LogP contribution < -0.4 is 0 Å². The van der Waals surface area contributed by atoms with Crippen molar-refractivity contribution in [2.24, 2.45) is 29.6 Å². The second-order valence-corrected chi connectivity index (χ2v) is 11.1. The zero-order chi connectivity index (χ0) is 16.9. The van der Waals surface area contributed by atoms with Gasteiger partial charge in [-0.2, -0.15) is 0 Å². The molecule has 5 rings (SSSR count). The minimum Gasteiger partial charge on any atom is -0.338 e. The van der Waals surface area contributed by atoms with Crippen molar-refractivity contribution in [3.05, 3.63) is 0 Å². The van der Waals surface area contributed by atoms with Crippen LogP contribution in [0.5, 0.6) is 0 Å². The minimum absolute atomic E-state index is 0.0637. The fraction of sp³-hybridized carbons (Fsp3) is 0.947. The number of nitrogens with zero attached hydrogens (tertiary/aromatic N) is 1. The third kappa shape index (κ3) is 3.02. The van der Waals surface area contributed by atoms with E-state index in [0.717, 1.165) is 31.2 Å². The van der Waals surface area contributed by atoms with Crippen LogP contribution in [0.25, 0.3) is 0 Å². The van der Waals surface area contributed by atoms with E-state index in [2.05, 4.69) is 6.92 Å². The van der Waals surface area contributed by atoms with E-state index < -0.39 is 9.84 Å². The Labute approximate surface area is 146 Å². The Balaban J connectivity index is 1.53. The molecular weight excluding hydrogens is 322 g/mol. The lowest BCUT2D eigenvalue weighted by Crippen LogP contribution is -2.54. The normalized spacial score (nSPS) is 42.4. The van der Waals surface area contributed by atoms with E-state index in [0.29, 0.717) is 24.2 Å². The second-order valence-electron chi connectivity index (χ2n) is 8.90. The lowest BCUT2D eigenvalue weighted by atomic mass is 9.51. The number of amides is 1. The molecule has 1 aliphatic heterocycles. The molecule has 1 unspecified atom stereocenters. The molecule has 0 aromatic rings. The summed E-state index contributed by atoms with van der Waals surface area (Å²) in [4.78, 5) is 15.5. The van der Waals surface area contributed by atoms with Crippen molar-refractivity contribution in [1.29, 1.82) is 0 Å². The standard InChI is InChI=1S/C19H31NO3S/c1-2-3-5-20(17-4-6-24(22,23)12-17)19(21)18-15-8-13-7-14(10-15)11-16(18)9-13/h13-18H,2-12H2,1H3. The van der Waals surface area contributed by atoms with Crippen LogP contribution in [0.15, 0.2) is 0 Å². The summed E-state index contributed by atoms with van der Waals surface area (Å²) in [5.41, 5.74) is 0. The highest BCUT2D eigenvalue weighted by molar-refractivity contribution is 7.91. The number of carbonyl (C=O) groups excluding carboxylic acids is 1. The molecule has 4 nitrogen and oxygen atoms in total. The predicted molar refractivity (Wildman–Crippen MR) is 94.2 cm³/mol. The van der Waals surface area contributed by atoms with Gasteiger partial charge in [0.1, 0.15) is 0 Å². The Hall–Kier alpha value is -0.580. The van der Waals surface area contributed by atoms with E-state index in [4.69, 9.17) is 0 Å². The summed E-state index contributed by atoms with van der Waals surface area (Å²) in [6, 6.07) is -0.0637. The van der Waals surface area contributed by atoms with Crippen LogP contribution >= 0.6 is 0 Å². The van der Waals surface area contributed by atoms with Gasteiger partial charge in [0.15, 0.2) is 9.84 Å². The average Bonchev–Trinajstić information content (AvgIpc) is 2.86. The zero-order valence-electron chi connectivity index (χ0n) is 14.8. The molecule has 4 aliphatic carbocycles. The first-order valence-corrected chi connectivity index (χ1v) is 11.8. The second kappa shape index (κ2) is 6.30. The highest BCUT2D eigenvalue weighted by Gasteiger charge is 2.52. The monoisotopic (exact) mass is 353 g/mol. The number of sulfone groups is 1. The molecule has 1 heterocycles. The molecule has 4 bridgehead atoms. The Morgan fingerprint density at radius 1 is 1.04 bits per heavy atom. The first kappa shape index (κ1) is 16.9. The molecule has 0 aromatic heterocycles. The molecule has 24 heavy (non-hydrogen) atoms. The Morgan fingerprint density at radius 2 is 1.67 bits per heavy atom. The number of rotatable bonds is 5. The van der Waals surface area contributed by atoms with E-state index in [1.807, 2.05) is 4.90 Å². The highest BCUT2D eigenvalue weighted by Crippen LogP contribution is 2.57. The fourth-order valence-corrected chi connectivity index (χ4v) is 8.07. The SMILES string of the molecule is CCCCN(C(=O)C1C2CC3CC(C2)CC1C3)C1CCS(=O)(=O)C1. The first-order chi connectivity index (χ1) is 11.5. The lowest BCUT2D eigenvalue weighted by molar-refractivity contribution is -0.151. The summed E-state index contributed by atoms with van der Waals surface area (Å²) in [6.45, 7) is 2.88. The van der Waals surface area contributed by atoms with Gasteiger partial charge in [0, 0.05) is 18.5 Å². The van der Waals surface area contributed by atoms with Gasteiger partial charge in [0.25, 0.3) is 0 Å². The summed E-state index contributed by atoms with van der Waals surface area (Å²) in [5.74, 6) is 3.84. The molecule has 5 aliphatic rings. The van der Waals surface area contributed by atoms with Gasteiger partial charge in [0.2, 0.25) is 5.91 Å². The Morgan fingerprint density at radius 3 is 2.17 bits per heavy atom. The van der Waals surface area contributed by atoms with Gasteiger partial charge in [0.05, 0.1) is 11.5 Å². The van der Waals surface area contributed by atoms with Gasteiger partial charge in [-0.1, -0.05) is 13.3 Å². The van der Waals surface area contributed by atoms with Crippen LogP contribution in [0, 0.1) is 29.6 Å². The minimum atomic E-state index is -2.94. The summed E-state index contributed by atoms with van der Waals surface area (Å²) in [5, 5.41) is 0. The largest absolute Gasteiger partial charge is 0.338 e. The predicted octanol–water partition coefficient (Wildman–Crippen LogP) is 2.87. The van der Waals surface area contributed by atoms with Crippen molar-refractivity contribution in [1.82, 2.24) is 4.90 Å². The lowest BCUT2D eigenvalue weighted by Gasteiger charge is -2.54. The molecule has 1 amide bonds. The van der Waals surface area contributed by atoms with E-state index in [9.17, 15) is 13.2 Å². The fourth-order valence-electron chi connectivity index (χ4n) is 6.34. The number of hydrogen-bond donors (Lipinski definition) is 0. The summed E-state index contributed by atoms with van der Waals surface area (Å²) >= 11 is 0. The van der Waals surface area contributed by atoms with E-state index in [1.54, 1.807) is 0 Å². The van der Waals surface area contributed by atoms with Crippen LogP contribution in [0.4, 0.5) is 0 Å². The molecule has 5 fully saturated rings. The molecule has 136 valence electrons. The highest BCUT2D eigenvalue weighted by atomic mass is 32.2. The topological polar surface area (TPSA) is 54.5 Å². The van der Waals surface area contributed by atoms with Crippen LogP contribution in [-0.4, -0.2) is 43.3 Å². The molecule has 5 heteroatoms. The van der Waals surface area contributed by atoms with Gasteiger partial charge >= 0.3 is 0 Å². The molecule has 0 spiro atoms. The maximum Gasteiger partial charge on any atom is 0.226 e. The van der Waals surface area contributed by atoms with Crippen molar-refractivity contribution < 1.29 is 13.2 Å². The molecule has 0 radical (unpaired) electrons. The number of hydrogen-bond acceptors (Lipinski definition) is 3. The first-order valence-electron chi connectivity index (χ1n) is 9.97. The molecule has 1 saturated heterocycles. The summed E-state index contributed by atoms with van der Waals surface area (Å²) in [6.07, 6.45) is 9.05. The zero-order valence-corrected chi connectivity index (χ0v) is 15.6. The third-order valence-electron chi connectivity index (χ3n) is 7.20. The van der Waals surface area contributed by atoms with E-state index in [1.165, 1.54) is 32.1 Å². The Bertz CT molecular complexity index is 572. The van der Waals surface area contributed by atoms with Crippen LogP contribution in [0.2, 0.25) is 0 Å². The number of carbonyl (C=O) groups is 1. The maximum absolute atomic E-state index is 13.5. The van der Waals surface area contributed by atoms with Gasteiger partial charge in [-0.3, -0.25) is 4.79 Å². The van der Waals surface area contributed by atoms with Gasteiger partial charge in [-0.25, -0.2) is 8.42 Å². The summed E-state index contributed by atoms with van der Waals surface area (Å²) in [7, 11) is -2.94. The number of unbranched alkanes of at least 4 members (excludes halogenated alkanes) is 1. The molecule has 4 saturated carbocycles. The van der Waals surface area contributed by atoms with Gasteiger partial charge in [-0.15, -0.1) is 0 Å². The van der Waals surface area contributed by atoms with E-state index in [-0.39, 0.29) is 23.5 Å². The maximum atomic E-state index is 13.5. The van der Waals surface area contributed by atoms with Crippen molar-refractivity contribution in [3.63, 3.8) is 0 Å². The molecule has 0 aromatic carbocycles. The average molecular weight is 354 g/mol. The third-order valence-corrected chi connectivity index (χ3v) is 8.95. The van der Waals surface area contributed by atoms with Crippen LogP contribution in [0.3, 0.4) is 0 Å². The molecular formula is C19H31NO3S. The van der Waals surface area contributed by atoms with Crippen LogP contribution in [-0.2, 0) is 14.6 Å². The van der Waals surface area contributed by atoms with Crippen molar-refractivity contribution in [2.45, 2.75) is 64.3 Å². The van der Waals surface area contributed by atoms with E-state index >= 15 is 0 Å². The Kier molecular flexibility index (Phi) is 4.42. The summed E-state index contributed by atoms with van der Waals surface area (Å²) < 4.78 is 23.8. The smallest absolute Gasteiger partial charge is 0.226 e. The van der Waals surface area contributed by atoms with Gasteiger partial charge < -0.3 is 4.90 Å². The molecule has 0 N–H and O–H groups in total. The van der Waals surface area contributed by atoms with Crippen molar-refractivity contribution in [3.8, 4) is 0 Å². The molecule has 1 atom stereocenters. The van der Waals surface area contributed by atoms with Crippen LogP contribution in [0.1, 0.15) is 58.3 Å². The quantitative estimate of drug-likeness (QED) is 0.764. The van der Waals surface area contributed by atoms with Crippen molar-refractivity contribution in [2.75, 3.05) is 18.1 Å². The van der Waals surface area contributed by atoms with Gasteiger partial charge in [-0.05, 0) is 68.6 Å².